The fraction of sp³-hybridized carbons (Fsp3) is 0. The first-order valence-corrected chi connectivity index (χ1v) is 13.7. The predicted octanol–water partition coefficient (Wildman–Crippen LogP) is 6.52. The predicted molar refractivity (Wildman–Crippen MR) is 152 cm³/mol. The smallest absolute Gasteiger partial charge is 0.295 e. The Balaban J connectivity index is 1.57. The van der Waals surface area contributed by atoms with Crippen LogP contribution in [-0.2, 0) is 19.5 Å². The number of aliphatic imine (C=N–C) groups is 1. The summed E-state index contributed by atoms with van der Waals surface area (Å²) in [6.45, 7) is 0. The first-order chi connectivity index (χ1) is 19.3. The van der Waals surface area contributed by atoms with Gasteiger partial charge < -0.3 is 10.1 Å². The number of amides is 1. The zero-order valence-corrected chi connectivity index (χ0v) is 22.2. The number of carbonyl (C=O) groups is 1. The lowest BCUT2D eigenvalue weighted by atomic mass is 10.1. The van der Waals surface area contributed by atoms with Gasteiger partial charge in [-0.2, -0.15) is 8.42 Å². The maximum atomic E-state index is 12.5. The van der Waals surface area contributed by atoms with Crippen LogP contribution in [0.15, 0.2) is 112 Å². The van der Waals surface area contributed by atoms with Gasteiger partial charge >= 0.3 is 0 Å². The van der Waals surface area contributed by atoms with Crippen LogP contribution in [0.5, 0.6) is 5.75 Å². The van der Waals surface area contributed by atoms with Gasteiger partial charge in [-0.3, -0.25) is 9.35 Å². The molecule has 0 atom stereocenters. The van der Waals surface area contributed by atoms with E-state index in [1.165, 1.54) is 24.6 Å². The molecule has 204 valence electrons. The molecule has 40 heavy (non-hydrogen) atoms. The van der Waals surface area contributed by atoms with Crippen LogP contribution < -0.4 is 10.1 Å². The van der Waals surface area contributed by atoms with E-state index in [0.29, 0.717) is 39.5 Å². The summed E-state index contributed by atoms with van der Waals surface area (Å²) < 4.78 is 44.0. The van der Waals surface area contributed by atoms with Crippen LogP contribution in [0, 0.1) is 0 Å². The quantitative estimate of drug-likeness (QED) is 0.0344. The van der Waals surface area contributed by atoms with Crippen molar-refractivity contribution < 1.29 is 37.1 Å². The first-order valence-electron chi connectivity index (χ1n) is 11.5. The van der Waals surface area contributed by atoms with Gasteiger partial charge in [-0.1, -0.05) is 65.7 Å². The molecular formula is C28H22N2O8S2. The summed E-state index contributed by atoms with van der Waals surface area (Å²) in [6, 6.07) is 26.6. The van der Waals surface area contributed by atoms with E-state index in [9.17, 15) is 17.8 Å². The van der Waals surface area contributed by atoms with E-state index in [0.717, 1.165) is 0 Å². The summed E-state index contributed by atoms with van der Waals surface area (Å²) in [5.74, 6) is 0.226. The van der Waals surface area contributed by atoms with Gasteiger partial charge in [0.05, 0.1) is 17.7 Å². The summed E-state index contributed by atoms with van der Waals surface area (Å²) in [5.41, 5.74) is 1.85. The zero-order chi connectivity index (χ0) is 28.4. The number of anilines is 1. The first kappa shape index (κ1) is 28.7. The molecule has 0 saturated carbocycles. The van der Waals surface area contributed by atoms with Crippen molar-refractivity contribution in [1.29, 1.82) is 0 Å². The van der Waals surface area contributed by atoms with Crippen molar-refractivity contribution in [3.63, 3.8) is 0 Å². The normalized spacial score (nSPS) is 11.7. The molecule has 1 amide bonds. The second kappa shape index (κ2) is 13.7. The van der Waals surface area contributed by atoms with E-state index in [1.807, 2.05) is 6.07 Å². The van der Waals surface area contributed by atoms with Crippen LogP contribution in [0.2, 0.25) is 0 Å². The van der Waals surface area contributed by atoms with Crippen LogP contribution in [-0.4, -0.2) is 30.5 Å². The van der Waals surface area contributed by atoms with E-state index >= 15 is 0 Å². The number of nitrogens with zero attached hydrogens (tertiary/aromatic N) is 1. The minimum Gasteiger partial charge on any atom is -0.446 e. The molecule has 0 saturated heterocycles. The van der Waals surface area contributed by atoms with Gasteiger partial charge in [-0.05, 0) is 59.7 Å². The topological polar surface area (TPSA) is 144 Å². The van der Waals surface area contributed by atoms with Gasteiger partial charge in [-0.15, -0.1) is 4.33 Å². The molecule has 0 fully saturated rings. The number of para-hydroxylation sites is 1. The van der Waals surface area contributed by atoms with E-state index in [2.05, 4.69) is 19.7 Å². The average Bonchev–Trinajstić information content (AvgIpc) is 2.96. The molecule has 0 unspecified atom stereocenters. The second-order valence-corrected chi connectivity index (χ2v) is 10.1. The zero-order valence-electron chi connectivity index (χ0n) is 20.6. The van der Waals surface area contributed by atoms with E-state index in [4.69, 9.17) is 9.99 Å². The van der Waals surface area contributed by atoms with Gasteiger partial charge in [0.25, 0.3) is 16.0 Å². The van der Waals surface area contributed by atoms with Crippen molar-refractivity contribution in [2.45, 2.75) is 9.79 Å². The fourth-order valence-electron chi connectivity index (χ4n) is 3.46. The molecule has 0 aliphatic rings. The highest BCUT2D eigenvalue weighted by molar-refractivity contribution is 7.94. The Hall–Kier alpha value is -4.30. The number of hydrogen-bond donors (Lipinski definition) is 3. The number of benzene rings is 4. The van der Waals surface area contributed by atoms with E-state index in [1.54, 1.807) is 84.9 Å². The molecule has 4 rings (SSSR count). The minimum atomic E-state index is -4.60. The summed E-state index contributed by atoms with van der Waals surface area (Å²) in [5, 5.41) is 15.1. The lowest BCUT2D eigenvalue weighted by Crippen LogP contribution is -2.11. The average molecular weight is 579 g/mol. The van der Waals surface area contributed by atoms with Gasteiger partial charge in [0, 0.05) is 16.1 Å². The lowest BCUT2D eigenvalue weighted by Gasteiger charge is -2.10. The summed E-state index contributed by atoms with van der Waals surface area (Å²) in [6.07, 6.45) is 4.20. The van der Waals surface area contributed by atoms with Crippen molar-refractivity contribution in [3.8, 4) is 5.75 Å². The number of carbonyl (C=O) groups excluding carboxylic acids is 1. The van der Waals surface area contributed by atoms with Crippen molar-refractivity contribution in [2.24, 2.45) is 4.99 Å². The van der Waals surface area contributed by atoms with Gasteiger partial charge in [0.1, 0.15) is 10.6 Å². The Morgan fingerprint density at radius 3 is 2.25 bits per heavy atom. The lowest BCUT2D eigenvalue weighted by molar-refractivity contribution is -0.432. The molecule has 0 bridgehead atoms. The molecule has 4 aromatic carbocycles. The Bertz CT molecular complexity index is 1630. The fourth-order valence-corrected chi connectivity index (χ4v) is 4.67. The molecule has 0 aliphatic carbocycles. The second-order valence-electron chi connectivity index (χ2n) is 7.99. The van der Waals surface area contributed by atoms with Gasteiger partial charge in [-0.25, -0.2) is 10.2 Å². The standard InChI is InChI=1S/C28H22N2O8S2/c31-28(22-7-3-1-4-8-22)30-24-16-13-20(26(17-24)39-38-37-32)11-12-21-14-15-23(18-27(21)40(33,34)35)29-19-36-25-9-5-2-6-10-25/h1-19,32H,(H,30,31)(H,33,34,35). The van der Waals surface area contributed by atoms with Crippen molar-refractivity contribution in [2.75, 3.05) is 5.32 Å². The van der Waals surface area contributed by atoms with Crippen molar-refractivity contribution in [1.82, 2.24) is 0 Å². The third kappa shape index (κ3) is 8.10. The van der Waals surface area contributed by atoms with Crippen molar-refractivity contribution >= 4 is 58.0 Å². The maximum Gasteiger partial charge on any atom is 0.295 e. The number of ether oxygens (including phenoxy) is 1. The van der Waals surface area contributed by atoms with Crippen LogP contribution in [0.4, 0.5) is 11.4 Å². The summed E-state index contributed by atoms with van der Waals surface area (Å²) >= 11 is 0.663. The van der Waals surface area contributed by atoms with Gasteiger partial charge in [0.15, 0.2) is 6.40 Å². The molecular weight excluding hydrogens is 556 g/mol. The largest absolute Gasteiger partial charge is 0.446 e. The molecule has 12 heteroatoms. The Kier molecular flexibility index (Phi) is 9.81. The maximum absolute atomic E-state index is 12.5. The monoisotopic (exact) mass is 578 g/mol. The number of rotatable bonds is 11. The summed E-state index contributed by atoms with van der Waals surface area (Å²) in [7, 11) is -4.60. The number of nitrogens with one attached hydrogen (secondary N) is 1. The van der Waals surface area contributed by atoms with Crippen LogP contribution in [0.25, 0.3) is 12.2 Å². The molecule has 3 N–H and O–H groups in total. The highest BCUT2D eigenvalue weighted by Gasteiger charge is 2.15. The number of hydrogen-bond acceptors (Lipinski definition) is 9. The molecule has 10 nitrogen and oxygen atoms in total. The van der Waals surface area contributed by atoms with Crippen molar-refractivity contribution in [3.05, 3.63) is 114 Å². The SMILES string of the molecule is O=C(Nc1ccc(C=Cc2ccc(N=COc3ccccc3)cc2S(=O)(=O)O)c(SOOO)c1)c1ccccc1. The highest BCUT2D eigenvalue weighted by atomic mass is 32.2. The Morgan fingerprint density at radius 2 is 1.55 bits per heavy atom. The molecule has 4 aromatic rings. The van der Waals surface area contributed by atoms with Crippen LogP contribution in [0.3, 0.4) is 0 Å². The molecule has 0 spiro atoms. The van der Waals surface area contributed by atoms with Crippen LogP contribution >= 0.6 is 12.0 Å². The van der Waals surface area contributed by atoms with E-state index < -0.39 is 10.1 Å². The Labute approximate surface area is 234 Å². The summed E-state index contributed by atoms with van der Waals surface area (Å²) in [4.78, 5) is 16.7. The Morgan fingerprint density at radius 1 is 0.875 bits per heavy atom. The van der Waals surface area contributed by atoms with E-state index in [-0.39, 0.29) is 22.1 Å². The molecule has 0 aromatic heterocycles. The minimum absolute atomic E-state index is 0.183. The molecule has 0 radical (unpaired) electrons. The third-order valence-electron chi connectivity index (χ3n) is 5.31. The third-order valence-corrected chi connectivity index (χ3v) is 6.88. The van der Waals surface area contributed by atoms with Crippen LogP contribution in [0.1, 0.15) is 21.5 Å². The molecule has 0 heterocycles. The highest BCUT2D eigenvalue weighted by Crippen LogP contribution is 2.30. The molecule has 0 aliphatic heterocycles. The van der Waals surface area contributed by atoms with Gasteiger partial charge in [0.2, 0.25) is 0 Å².